The summed E-state index contributed by atoms with van der Waals surface area (Å²) in [5.74, 6) is -0.0592. The number of hydrogen-bond acceptors (Lipinski definition) is 5. The number of methoxy groups -OCH3 is 1. The van der Waals surface area contributed by atoms with Crippen LogP contribution in [0.4, 0.5) is 16.2 Å². The highest BCUT2D eigenvalue weighted by atomic mass is 16.5. The molecule has 0 bridgehead atoms. The van der Waals surface area contributed by atoms with Gasteiger partial charge in [0.05, 0.1) is 7.11 Å². The minimum absolute atomic E-state index is 0.0160. The summed E-state index contributed by atoms with van der Waals surface area (Å²) in [6.45, 7) is 11.3. The molecule has 2 N–H and O–H groups in total. The molecule has 1 saturated heterocycles. The highest BCUT2D eigenvalue weighted by molar-refractivity contribution is 6.16. The fraction of sp³-hybridized carbons (Fsp3) is 0.414. The highest BCUT2D eigenvalue weighted by Crippen LogP contribution is 2.46. The number of nitrogens with zero attached hydrogens (tertiary/aromatic N) is 2. The van der Waals surface area contributed by atoms with Crippen LogP contribution in [0.1, 0.15) is 63.1 Å². The summed E-state index contributed by atoms with van der Waals surface area (Å²) in [5, 5.41) is 5.38. The number of benzene rings is 2. The van der Waals surface area contributed by atoms with Crippen LogP contribution in [0.3, 0.4) is 0 Å². The summed E-state index contributed by atoms with van der Waals surface area (Å²) >= 11 is 0. The van der Waals surface area contributed by atoms with Crippen LogP contribution in [-0.2, 0) is 9.59 Å². The molecule has 1 atom stereocenters. The average Bonchev–Trinajstić information content (AvgIpc) is 3.10. The normalized spacial score (nSPS) is 19.6. The monoisotopic (exact) mass is 504 g/mol. The van der Waals surface area contributed by atoms with Crippen LogP contribution in [0.25, 0.3) is 6.08 Å². The first-order chi connectivity index (χ1) is 17.6. The van der Waals surface area contributed by atoms with Crippen LogP contribution in [0.15, 0.2) is 42.1 Å². The zero-order valence-electron chi connectivity index (χ0n) is 22.5. The van der Waals surface area contributed by atoms with E-state index < -0.39 is 17.8 Å². The minimum Gasteiger partial charge on any atom is -0.496 e. The second kappa shape index (κ2) is 10.3. The maximum absolute atomic E-state index is 13.1. The van der Waals surface area contributed by atoms with Crippen molar-refractivity contribution in [2.45, 2.75) is 58.9 Å². The number of imide groups is 1. The molecule has 0 saturated carbocycles. The Kier molecular flexibility index (Phi) is 7.30. The molecule has 8 nitrogen and oxygen atoms in total. The third kappa shape index (κ3) is 5.19. The molecule has 2 aromatic carbocycles. The van der Waals surface area contributed by atoms with Crippen molar-refractivity contribution in [1.29, 1.82) is 0 Å². The van der Waals surface area contributed by atoms with Crippen molar-refractivity contribution in [3.05, 3.63) is 58.8 Å². The molecule has 8 heteroatoms. The summed E-state index contributed by atoms with van der Waals surface area (Å²) in [5.41, 5.74) is 4.70. The predicted octanol–water partition coefficient (Wildman–Crippen LogP) is 5.04. The number of anilines is 2. The fourth-order valence-corrected chi connectivity index (χ4v) is 5.38. The second-order valence-corrected chi connectivity index (χ2v) is 10.5. The van der Waals surface area contributed by atoms with Gasteiger partial charge in [-0.3, -0.25) is 9.59 Å². The molecular weight excluding hydrogens is 468 g/mol. The number of carbonyl (C=O) groups is 3. The van der Waals surface area contributed by atoms with Gasteiger partial charge < -0.3 is 20.3 Å². The number of carbonyl (C=O) groups excluding carboxylic acids is 3. The standard InChI is InChI=1S/C29H36N4O4/c1-7-12-33-24-15-25(37-6)20(13-21(24)19(3)16-29(33,4)5)14-23-27(35)32(28(36)31-23)17-26(34)30-22-11-9-8-10-18(22)2/h8-11,13-15,19H,7,12,16-17H2,1-6H3,(H,30,34)(H,31,36)/b23-14+. The molecular formula is C29H36N4O4. The SMILES string of the molecule is CCCN1c2cc(OC)c(/C=C3/NC(=O)N(CC(=O)Nc4ccccc4C)C3=O)cc2C(C)CC1(C)C. The van der Waals surface area contributed by atoms with Crippen LogP contribution in [0.5, 0.6) is 5.75 Å². The van der Waals surface area contributed by atoms with E-state index in [0.29, 0.717) is 22.9 Å². The molecule has 2 aliphatic rings. The van der Waals surface area contributed by atoms with Crippen LogP contribution < -0.4 is 20.3 Å². The van der Waals surface area contributed by atoms with Gasteiger partial charge in [0, 0.05) is 35.1 Å². The summed E-state index contributed by atoms with van der Waals surface area (Å²) < 4.78 is 5.71. The average molecular weight is 505 g/mol. The molecule has 2 heterocycles. The fourth-order valence-electron chi connectivity index (χ4n) is 5.38. The first kappa shape index (κ1) is 26.3. The lowest BCUT2D eigenvalue weighted by Gasteiger charge is -2.47. The maximum atomic E-state index is 13.1. The Labute approximate surface area is 218 Å². The molecule has 0 radical (unpaired) electrons. The minimum atomic E-state index is -0.627. The largest absolute Gasteiger partial charge is 0.496 e. The van der Waals surface area contributed by atoms with Crippen molar-refractivity contribution in [2.24, 2.45) is 0 Å². The van der Waals surface area contributed by atoms with Crippen molar-refractivity contribution in [2.75, 3.05) is 30.4 Å². The van der Waals surface area contributed by atoms with E-state index in [9.17, 15) is 14.4 Å². The number of aryl methyl sites for hydroxylation is 1. The van der Waals surface area contributed by atoms with E-state index in [1.165, 1.54) is 5.56 Å². The number of urea groups is 1. The molecule has 196 valence electrons. The van der Waals surface area contributed by atoms with Gasteiger partial charge in [-0.25, -0.2) is 9.69 Å². The van der Waals surface area contributed by atoms with Crippen LogP contribution >= 0.6 is 0 Å². The topological polar surface area (TPSA) is 91.0 Å². The van der Waals surface area contributed by atoms with Crippen molar-refractivity contribution in [3.63, 3.8) is 0 Å². The van der Waals surface area contributed by atoms with Gasteiger partial charge in [0.2, 0.25) is 5.91 Å². The van der Waals surface area contributed by atoms with E-state index in [1.807, 2.05) is 31.2 Å². The van der Waals surface area contributed by atoms with Crippen LogP contribution in [0, 0.1) is 6.92 Å². The number of hydrogen-bond donors (Lipinski definition) is 2. The van der Waals surface area contributed by atoms with Gasteiger partial charge in [-0.15, -0.1) is 0 Å². The number of nitrogens with one attached hydrogen (secondary N) is 2. The van der Waals surface area contributed by atoms with Gasteiger partial charge in [-0.1, -0.05) is 32.0 Å². The van der Waals surface area contributed by atoms with Crippen molar-refractivity contribution < 1.29 is 19.1 Å². The Morgan fingerprint density at radius 3 is 2.65 bits per heavy atom. The van der Waals surface area contributed by atoms with Gasteiger partial charge >= 0.3 is 6.03 Å². The molecule has 4 amide bonds. The first-order valence-corrected chi connectivity index (χ1v) is 12.7. The number of ether oxygens (including phenoxy) is 1. The molecule has 2 aliphatic heterocycles. The third-order valence-corrected chi connectivity index (χ3v) is 7.17. The van der Waals surface area contributed by atoms with E-state index in [2.05, 4.69) is 49.3 Å². The zero-order valence-corrected chi connectivity index (χ0v) is 22.5. The molecule has 4 rings (SSSR count). The summed E-state index contributed by atoms with van der Waals surface area (Å²) in [4.78, 5) is 41.6. The second-order valence-electron chi connectivity index (χ2n) is 10.5. The highest BCUT2D eigenvalue weighted by Gasteiger charge is 2.38. The number of amides is 4. The number of para-hydroxylation sites is 1. The molecule has 1 unspecified atom stereocenters. The van der Waals surface area contributed by atoms with Gasteiger partial charge in [0.15, 0.2) is 0 Å². The molecule has 0 aliphatic carbocycles. The Morgan fingerprint density at radius 1 is 1.24 bits per heavy atom. The summed E-state index contributed by atoms with van der Waals surface area (Å²) in [6, 6.07) is 10.8. The zero-order chi connectivity index (χ0) is 26.9. The van der Waals surface area contributed by atoms with Crippen molar-refractivity contribution in [3.8, 4) is 5.75 Å². The molecule has 0 spiro atoms. The third-order valence-electron chi connectivity index (χ3n) is 7.17. The lowest BCUT2D eigenvalue weighted by atomic mass is 9.79. The van der Waals surface area contributed by atoms with E-state index >= 15 is 0 Å². The summed E-state index contributed by atoms with van der Waals surface area (Å²) in [7, 11) is 1.60. The van der Waals surface area contributed by atoms with Crippen molar-refractivity contribution >= 4 is 35.3 Å². The molecule has 37 heavy (non-hydrogen) atoms. The Morgan fingerprint density at radius 2 is 1.97 bits per heavy atom. The number of rotatable bonds is 7. The van der Waals surface area contributed by atoms with E-state index in [4.69, 9.17) is 4.74 Å². The molecule has 0 aromatic heterocycles. The van der Waals surface area contributed by atoms with Gasteiger partial charge in [0.25, 0.3) is 5.91 Å². The Balaban J connectivity index is 1.60. The predicted molar refractivity (Wildman–Crippen MR) is 146 cm³/mol. The van der Waals surface area contributed by atoms with E-state index in [0.717, 1.165) is 35.5 Å². The molecule has 2 aromatic rings. The quantitative estimate of drug-likeness (QED) is 0.407. The van der Waals surface area contributed by atoms with Gasteiger partial charge in [0.1, 0.15) is 18.0 Å². The Bertz CT molecular complexity index is 1270. The molecule has 1 fully saturated rings. The van der Waals surface area contributed by atoms with Crippen molar-refractivity contribution in [1.82, 2.24) is 10.2 Å². The van der Waals surface area contributed by atoms with Gasteiger partial charge in [-0.2, -0.15) is 0 Å². The number of fused-ring (bicyclic) bond motifs is 1. The lowest BCUT2D eigenvalue weighted by molar-refractivity contribution is -0.127. The maximum Gasteiger partial charge on any atom is 0.329 e. The Hall–Kier alpha value is -3.81. The summed E-state index contributed by atoms with van der Waals surface area (Å²) in [6.07, 6.45) is 3.66. The van der Waals surface area contributed by atoms with E-state index in [-0.39, 0.29) is 17.8 Å². The smallest absolute Gasteiger partial charge is 0.329 e. The van der Waals surface area contributed by atoms with Crippen LogP contribution in [-0.4, -0.2) is 48.5 Å². The van der Waals surface area contributed by atoms with E-state index in [1.54, 1.807) is 19.3 Å². The van der Waals surface area contributed by atoms with Gasteiger partial charge in [-0.05, 0) is 68.9 Å². The lowest BCUT2D eigenvalue weighted by Crippen LogP contribution is -2.48. The van der Waals surface area contributed by atoms with Crippen LogP contribution in [0.2, 0.25) is 0 Å². The first-order valence-electron chi connectivity index (χ1n) is 12.7.